The molecule has 1 amide bonds. The lowest BCUT2D eigenvalue weighted by Gasteiger charge is -2.34. The highest BCUT2D eigenvalue weighted by atomic mass is 32.1. The molecule has 2 aliphatic rings. The van der Waals surface area contributed by atoms with Gasteiger partial charge >= 0.3 is 6.18 Å². The first-order valence-electron chi connectivity index (χ1n) is 8.80. The number of carbonyl (C=O) groups is 1. The molecule has 1 fully saturated rings. The van der Waals surface area contributed by atoms with Crippen LogP contribution in [0.1, 0.15) is 10.4 Å². The molecule has 2 aliphatic heterocycles. The van der Waals surface area contributed by atoms with Crippen LogP contribution in [0.3, 0.4) is 0 Å². The lowest BCUT2D eigenvalue weighted by Crippen LogP contribution is -2.50. The average molecular weight is 396 g/mol. The average Bonchev–Trinajstić information content (AvgIpc) is 3.29. The minimum absolute atomic E-state index is 0.0713. The van der Waals surface area contributed by atoms with E-state index in [9.17, 15) is 18.0 Å². The second kappa shape index (κ2) is 7.12. The topological polar surface area (TPSA) is 39.7 Å². The number of nitrogens with zero attached hydrogens (tertiary/aromatic N) is 4. The van der Waals surface area contributed by atoms with Crippen LogP contribution in [-0.2, 0) is 17.4 Å². The van der Waals surface area contributed by atoms with E-state index >= 15 is 0 Å². The highest BCUT2D eigenvalue weighted by Crippen LogP contribution is 2.36. The van der Waals surface area contributed by atoms with E-state index in [0.717, 1.165) is 18.3 Å². The number of carbonyl (C=O) groups excluding carboxylic acids is 1. The Balaban J connectivity index is 1.32. The van der Waals surface area contributed by atoms with E-state index in [1.54, 1.807) is 0 Å². The minimum atomic E-state index is -4.35. The number of rotatable bonds is 3. The van der Waals surface area contributed by atoms with E-state index in [2.05, 4.69) is 9.88 Å². The number of alkyl halides is 3. The van der Waals surface area contributed by atoms with Crippen LogP contribution in [0.2, 0.25) is 0 Å². The van der Waals surface area contributed by atoms with Crippen LogP contribution >= 0.6 is 11.3 Å². The summed E-state index contributed by atoms with van der Waals surface area (Å²) in [6, 6.07) is 7.94. The van der Waals surface area contributed by atoms with Crippen LogP contribution in [0, 0.1) is 0 Å². The van der Waals surface area contributed by atoms with Crippen LogP contribution in [0.5, 0.6) is 0 Å². The number of piperazine rings is 1. The Morgan fingerprint density at radius 3 is 2.56 bits per heavy atom. The smallest absolute Gasteiger partial charge is 0.346 e. The zero-order valence-corrected chi connectivity index (χ0v) is 15.4. The maximum atomic E-state index is 12.7. The second-order valence-corrected chi connectivity index (χ2v) is 7.70. The van der Waals surface area contributed by atoms with Crippen molar-refractivity contribution in [2.45, 2.75) is 12.6 Å². The number of hydrogen-bond acceptors (Lipinski definition) is 5. The number of para-hydroxylation sites is 1. The number of amides is 1. The van der Waals surface area contributed by atoms with Gasteiger partial charge in [-0.2, -0.15) is 13.2 Å². The fourth-order valence-electron chi connectivity index (χ4n) is 3.51. The van der Waals surface area contributed by atoms with E-state index in [0.29, 0.717) is 55.7 Å². The van der Waals surface area contributed by atoms with E-state index < -0.39 is 11.1 Å². The maximum Gasteiger partial charge on any atom is 0.427 e. The summed E-state index contributed by atoms with van der Waals surface area (Å²) in [4.78, 5) is 21.6. The van der Waals surface area contributed by atoms with Gasteiger partial charge in [-0.1, -0.05) is 29.5 Å². The van der Waals surface area contributed by atoms with Crippen LogP contribution in [-0.4, -0.2) is 55.1 Å². The molecule has 0 N–H and O–H groups in total. The molecule has 2 aromatic rings. The Bertz CT molecular complexity index is 830. The lowest BCUT2D eigenvalue weighted by molar-refractivity contribution is -0.134. The van der Waals surface area contributed by atoms with Gasteiger partial charge in [-0.3, -0.25) is 9.69 Å². The molecule has 1 aromatic heterocycles. The standard InChI is InChI=1S/C18H19F3N4OS/c19-18(20,21)15-11-22-17(27-15)24-9-7-23(8-10-24)12-16(26)25-6-5-13-3-1-2-4-14(13)25/h1-4,11H,5-10,12H2. The quantitative estimate of drug-likeness (QED) is 0.800. The van der Waals surface area contributed by atoms with Crippen LogP contribution in [0.4, 0.5) is 24.0 Å². The summed E-state index contributed by atoms with van der Waals surface area (Å²) in [5.41, 5.74) is 2.18. The summed E-state index contributed by atoms with van der Waals surface area (Å²) >= 11 is 0.670. The molecule has 3 heterocycles. The number of fused-ring (bicyclic) bond motifs is 1. The Labute approximate surface area is 159 Å². The molecule has 0 spiro atoms. The molecule has 4 rings (SSSR count). The molecule has 27 heavy (non-hydrogen) atoms. The van der Waals surface area contributed by atoms with Gasteiger partial charge in [-0.15, -0.1) is 0 Å². The van der Waals surface area contributed by atoms with Crippen molar-refractivity contribution in [2.24, 2.45) is 0 Å². The Kier molecular flexibility index (Phi) is 4.81. The number of thiazole rings is 1. The van der Waals surface area contributed by atoms with E-state index in [4.69, 9.17) is 0 Å². The van der Waals surface area contributed by atoms with Crippen molar-refractivity contribution in [2.75, 3.05) is 49.1 Å². The molecule has 0 bridgehead atoms. The largest absolute Gasteiger partial charge is 0.427 e. The molecule has 5 nitrogen and oxygen atoms in total. The number of hydrogen-bond donors (Lipinski definition) is 0. The van der Waals surface area contributed by atoms with Crippen molar-refractivity contribution < 1.29 is 18.0 Å². The van der Waals surface area contributed by atoms with E-state index in [1.807, 2.05) is 34.1 Å². The third kappa shape index (κ3) is 3.79. The van der Waals surface area contributed by atoms with E-state index in [1.165, 1.54) is 5.56 Å². The Morgan fingerprint density at radius 2 is 1.85 bits per heavy atom. The van der Waals surface area contributed by atoms with Crippen LogP contribution in [0.25, 0.3) is 0 Å². The third-order valence-electron chi connectivity index (χ3n) is 4.96. The molecule has 0 unspecified atom stereocenters. The number of anilines is 2. The molecular formula is C18H19F3N4OS. The van der Waals surface area contributed by atoms with Crippen molar-refractivity contribution in [1.82, 2.24) is 9.88 Å². The third-order valence-corrected chi connectivity index (χ3v) is 6.07. The monoisotopic (exact) mass is 396 g/mol. The molecule has 0 aliphatic carbocycles. The molecule has 0 atom stereocenters. The first kappa shape index (κ1) is 18.2. The molecule has 1 saturated heterocycles. The van der Waals surface area contributed by atoms with Gasteiger partial charge < -0.3 is 9.80 Å². The highest BCUT2D eigenvalue weighted by Gasteiger charge is 2.34. The van der Waals surface area contributed by atoms with Gasteiger partial charge in [0.05, 0.1) is 12.7 Å². The molecule has 0 radical (unpaired) electrons. The fourth-order valence-corrected chi connectivity index (χ4v) is 4.35. The predicted molar refractivity (Wildman–Crippen MR) is 98.3 cm³/mol. The summed E-state index contributed by atoms with van der Waals surface area (Å²) in [5.74, 6) is 0.0713. The highest BCUT2D eigenvalue weighted by molar-refractivity contribution is 7.15. The summed E-state index contributed by atoms with van der Waals surface area (Å²) in [5, 5.41) is 0.391. The molecule has 1 aromatic carbocycles. The maximum absolute atomic E-state index is 12.7. The van der Waals surface area contributed by atoms with Crippen molar-refractivity contribution in [1.29, 1.82) is 0 Å². The normalized spacial score (nSPS) is 18.0. The zero-order chi connectivity index (χ0) is 19.0. The van der Waals surface area contributed by atoms with Gasteiger partial charge in [0.2, 0.25) is 5.91 Å². The van der Waals surface area contributed by atoms with Gasteiger partial charge in [0, 0.05) is 38.4 Å². The zero-order valence-electron chi connectivity index (χ0n) is 14.6. The lowest BCUT2D eigenvalue weighted by atomic mass is 10.2. The summed E-state index contributed by atoms with van der Waals surface area (Å²) < 4.78 is 38.2. The van der Waals surface area contributed by atoms with Crippen molar-refractivity contribution in [3.8, 4) is 0 Å². The molecular weight excluding hydrogens is 377 g/mol. The number of aromatic nitrogens is 1. The SMILES string of the molecule is O=C(CN1CCN(c2ncc(C(F)(F)F)s2)CC1)N1CCc2ccccc21. The predicted octanol–water partition coefficient (Wildman–Crippen LogP) is 2.87. The summed E-state index contributed by atoms with van der Waals surface area (Å²) in [6.07, 6.45) is -2.59. The van der Waals surface area contributed by atoms with Gasteiger partial charge in [0.15, 0.2) is 5.13 Å². The fraction of sp³-hybridized carbons (Fsp3) is 0.444. The second-order valence-electron chi connectivity index (χ2n) is 6.69. The first-order valence-corrected chi connectivity index (χ1v) is 9.62. The molecule has 9 heteroatoms. The summed E-state index contributed by atoms with van der Waals surface area (Å²) in [6.45, 7) is 3.42. The number of halogens is 3. The number of benzene rings is 1. The Hall–Kier alpha value is -2.13. The summed E-state index contributed by atoms with van der Waals surface area (Å²) in [7, 11) is 0. The van der Waals surface area contributed by atoms with Crippen molar-refractivity contribution in [3.05, 3.63) is 40.9 Å². The molecule has 0 saturated carbocycles. The Morgan fingerprint density at radius 1 is 1.11 bits per heavy atom. The van der Waals surface area contributed by atoms with E-state index in [-0.39, 0.29) is 5.91 Å². The van der Waals surface area contributed by atoms with Gasteiger partial charge in [-0.05, 0) is 18.1 Å². The molecule has 144 valence electrons. The minimum Gasteiger partial charge on any atom is -0.346 e. The van der Waals surface area contributed by atoms with Gasteiger partial charge in [0.25, 0.3) is 0 Å². The van der Waals surface area contributed by atoms with Crippen molar-refractivity contribution >= 4 is 28.1 Å². The van der Waals surface area contributed by atoms with Gasteiger partial charge in [-0.25, -0.2) is 4.98 Å². The first-order chi connectivity index (χ1) is 12.9. The van der Waals surface area contributed by atoms with Crippen LogP contribution < -0.4 is 9.80 Å². The van der Waals surface area contributed by atoms with Crippen LogP contribution in [0.15, 0.2) is 30.5 Å². The van der Waals surface area contributed by atoms with Crippen molar-refractivity contribution in [3.63, 3.8) is 0 Å². The van der Waals surface area contributed by atoms with Gasteiger partial charge in [0.1, 0.15) is 4.88 Å².